The Balaban J connectivity index is 3.19. The number of nitrogens with two attached hydrogens (primary N) is 1. The summed E-state index contributed by atoms with van der Waals surface area (Å²) in [6.45, 7) is 2.91. The fourth-order valence-corrected chi connectivity index (χ4v) is 1.97. The van der Waals surface area contributed by atoms with E-state index in [0.29, 0.717) is 24.4 Å². The van der Waals surface area contributed by atoms with Gasteiger partial charge >= 0.3 is 0 Å². The minimum absolute atomic E-state index is 0.159. The molecular formula is C14H28N2OS. The maximum atomic E-state index is 11.4. The molecule has 106 valence electrons. The van der Waals surface area contributed by atoms with Crippen LogP contribution >= 0.6 is 12.2 Å². The van der Waals surface area contributed by atoms with E-state index in [2.05, 4.69) is 12.2 Å². The molecule has 0 radical (unpaired) electrons. The molecule has 3 N–H and O–H groups in total. The minimum atomic E-state index is 0.159. The lowest BCUT2D eigenvalue weighted by atomic mass is 10.1. The SMILES string of the molecule is CCCCCCCCCC(=O)NCCCC(N)=S. The number of amides is 1. The molecule has 0 aliphatic carbocycles. The van der Waals surface area contributed by atoms with E-state index < -0.39 is 0 Å². The van der Waals surface area contributed by atoms with E-state index in [4.69, 9.17) is 18.0 Å². The molecule has 0 bridgehead atoms. The first kappa shape index (κ1) is 17.4. The van der Waals surface area contributed by atoms with Gasteiger partial charge in [-0.05, 0) is 19.3 Å². The molecule has 0 aromatic rings. The largest absolute Gasteiger partial charge is 0.393 e. The highest BCUT2D eigenvalue weighted by Crippen LogP contribution is 2.08. The van der Waals surface area contributed by atoms with E-state index >= 15 is 0 Å². The van der Waals surface area contributed by atoms with Gasteiger partial charge in [0.2, 0.25) is 5.91 Å². The van der Waals surface area contributed by atoms with Crippen LogP contribution in [0.2, 0.25) is 0 Å². The summed E-state index contributed by atoms with van der Waals surface area (Å²) in [4.78, 5) is 12.0. The van der Waals surface area contributed by atoms with Crippen LogP contribution < -0.4 is 11.1 Å². The Bertz CT molecular complexity index is 232. The lowest BCUT2D eigenvalue weighted by molar-refractivity contribution is -0.121. The zero-order chi connectivity index (χ0) is 13.6. The standard InChI is InChI=1S/C14H28N2OS/c1-2-3-4-5-6-7-8-11-14(17)16-12-9-10-13(15)18/h2-12H2,1H3,(H2,15,18)(H,16,17). The third-order valence-electron chi connectivity index (χ3n) is 2.93. The molecule has 1 amide bonds. The fourth-order valence-electron chi connectivity index (χ4n) is 1.82. The first-order chi connectivity index (χ1) is 8.66. The van der Waals surface area contributed by atoms with Crippen LogP contribution in [0.4, 0.5) is 0 Å². The fraction of sp³-hybridized carbons (Fsp3) is 0.857. The zero-order valence-electron chi connectivity index (χ0n) is 11.7. The van der Waals surface area contributed by atoms with E-state index in [0.717, 1.165) is 12.8 Å². The number of unbranched alkanes of at least 4 members (excludes halogenated alkanes) is 6. The molecule has 3 nitrogen and oxygen atoms in total. The number of nitrogens with one attached hydrogen (secondary N) is 1. The van der Waals surface area contributed by atoms with Crippen LogP contribution in [0.25, 0.3) is 0 Å². The molecule has 0 spiro atoms. The van der Waals surface area contributed by atoms with Gasteiger partial charge in [0.05, 0.1) is 4.99 Å². The van der Waals surface area contributed by atoms with Crippen molar-refractivity contribution in [3.05, 3.63) is 0 Å². The molecule has 0 rings (SSSR count). The van der Waals surface area contributed by atoms with Gasteiger partial charge in [0, 0.05) is 13.0 Å². The van der Waals surface area contributed by atoms with Crippen molar-refractivity contribution >= 4 is 23.1 Å². The lowest BCUT2D eigenvalue weighted by Gasteiger charge is -2.04. The van der Waals surface area contributed by atoms with Crippen molar-refractivity contribution in [2.45, 2.75) is 71.1 Å². The molecule has 0 aliphatic heterocycles. The van der Waals surface area contributed by atoms with Gasteiger partial charge in [-0.25, -0.2) is 0 Å². The zero-order valence-corrected chi connectivity index (χ0v) is 12.5. The minimum Gasteiger partial charge on any atom is -0.393 e. The third kappa shape index (κ3) is 13.4. The van der Waals surface area contributed by atoms with Gasteiger partial charge < -0.3 is 11.1 Å². The van der Waals surface area contributed by atoms with Gasteiger partial charge in [-0.1, -0.05) is 57.7 Å². The van der Waals surface area contributed by atoms with Crippen LogP contribution in [0, 0.1) is 0 Å². The van der Waals surface area contributed by atoms with Crippen LogP contribution in [0.3, 0.4) is 0 Å². The van der Waals surface area contributed by atoms with Crippen molar-refractivity contribution in [3.63, 3.8) is 0 Å². The topological polar surface area (TPSA) is 55.1 Å². The molecule has 0 aromatic heterocycles. The lowest BCUT2D eigenvalue weighted by Crippen LogP contribution is -2.24. The summed E-state index contributed by atoms with van der Waals surface area (Å²) in [5, 5.41) is 2.90. The summed E-state index contributed by atoms with van der Waals surface area (Å²) in [7, 11) is 0. The van der Waals surface area contributed by atoms with Crippen LogP contribution in [-0.4, -0.2) is 17.4 Å². The average Bonchev–Trinajstić information content (AvgIpc) is 2.33. The Morgan fingerprint density at radius 2 is 1.61 bits per heavy atom. The van der Waals surface area contributed by atoms with Gasteiger partial charge in [-0.15, -0.1) is 0 Å². The van der Waals surface area contributed by atoms with Gasteiger partial charge in [0.15, 0.2) is 0 Å². The summed E-state index contributed by atoms with van der Waals surface area (Å²) in [5.41, 5.74) is 5.38. The number of hydrogen-bond donors (Lipinski definition) is 2. The molecule has 0 unspecified atom stereocenters. The van der Waals surface area contributed by atoms with Crippen molar-refractivity contribution in [1.29, 1.82) is 0 Å². The Morgan fingerprint density at radius 1 is 1.00 bits per heavy atom. The Kier molecular flexibility index (Phi) is 12.4. The van der Waals surface area contributed by atoms with Crippen molar-refractivity contribution in [1.82, 2.24) is 5.32 Å². The van der Waals surface area contributed by atoms with Crippen molar-refractivity contribution in [2.24, 2.45) is 5.73 Å². The summed E-state index contributed by atoms with van der Waals surface area (Å²) in [6, 6.07) is 0. The number of thiocarbonyl (C=S) groups is 1. The van der Waals surface area contributed by atoms with Crippen molar-refractivity contribution in [3.8, 4) is 0 Å². The number of carbonyl (C=O) groups is 1. The highest BCUT2D eigenvalue weighted by molar-refractivity contribution is 7.80. The summed E-state index contributed by atoms with van der Waals surface area (Å²) in [6.07, 6.45) is 10.9. The molecule has 0 atom stereocenters. The highest BCUT2D eigenvalue weighted by Gasteiger charge is 2.00. The third-order valence-corrected chi connectivity index (χ3v) is 3.13. The summed E-state index contributed by atoms with van der Waals surface area (Å²) < 4.78 is 0. The van der Waals surface area contributed by atoms with Crippen LogP contribution in [-0.2, 0) is 4.79 Å². The molecule has 0 heterocycles. The first-order valence-electron chi connectivity index (χ1n) is 7.21. The van der Waals surface area contributed by atoms with Crippen LogP contribution in [0.5, 0.6) is 0 Å². The van der Waals surface area contributed by atoms with Gasteiger partial charge in [-0.2, -0.15) is 0 Å². The quantitative estimate of drug-likeness (QED) is 0.423. The molecule has 0 aromatic carbocycles. The van der Waals surface area contributed by atoms with E-state index in [-0.39, 0.29) is 5.91 Å². The van der Waals surface area contributed by atoms with E-state index in [1.165, 1.54) is 38.5 Å². The molecule has 0 saturated carbocycles. The van der Waals surface area contributed by atoms with E-state index in [1.54, 1.807) is 0 Å². The van der Waals surface area contributed by atoms with E-state index in [9.17, 15) is 4.79 Å². The predicted molar refractivity (Wildman–Crippen MR) is 81.6 cm³/mol. The van der Waals surface area contributed by atoms with Gasteiger partial charge in [0.25, 0.3) is 0 Å². The number of carbonyl (C=O) groups excluding carboxylic acids is 1. The molecule has 4 heteroatoms. The number of rotatable bonds is 12. The van der Waals surface area contributed by atoms with Gasteiger partial charge in [-0.3, -0.25) is 4.79 Å². The Hall–Kier alpha value is -0.640. The smallest absolute Gasteiger partial charge is 0.219 e. The van der Waals surface area contributed by atoms with Crippen LogP contribution in [0.1, 0.15) is 71.1 Å². The predicted octanol–water partition coefficient (Wildman–Crippen LogP) is 3.31. The normalized spacial score (nSPS) is 10.3. The Labute approximate surface area is 117 Å². The second-order valence-electron chi connectivity index (χ2n) is 4.79. The highest BCUT2D eigenvalue weighted by atomic mass is 32.1. The first-order valence-corrected chi connectivity index (χ1v) is 7.62. The average molecular weight is 272 g/mol. The molecular weight excluding hydrogens is 244 g/mol. The van der Waals surface area contributed by atoms with Gasteiger partial charge in [0.1, 0.15) is 0 Å². The monoisotopic (exact) mass is 272 g/mol. The van der Waals surface area contributed by atoms with Crippen molar-refractivity contribution < 1.29 is 4.79 Å². The summed E-state index contributed by atoms with van der Waals surface area (Å²) in [5.74, 6) is 0.159. The molecule has 18 heavy (non-hydrogen) atoms. The Morgan fingerprint density at radius 3 is 2.22 bits per heavy atom. The number of hydrogen-bond acceptors (Lipinski definition) is 2. The maximum Gasteiger partial charge on any atom is 0.219 e. The summed E-state index contributed by atoms with van der Waals surface area (Å²) >= 11 is 4.77. The molecule has 0 aliphatic rings. The molecule has 0 fully saturated rings. The second kappa shape index (κ2) is 12.8. The molecule has 0 saturated heterocycles. The van der Waals surface area contributed by atoms with Crippen molar-refractivity contribution in [2.75, 3.05) is 6.54 Å². The maximum absolute atomic E-state index is 11.4. The second-order valence-corrected chi connectivity index (χ2v) is 5.32. The van der Waals surface area contributed by atoms with E-state index in [1.807, 2.05) is 0 Å². The van der Waals surface area contributed by atoms with Crippen LogP contribution in [0.15, 0.2) is 0 Å².